The summed E-state index contributed by atoms with van der Waals surface area (Å²) in [4.78, 5) is 12.3. The maximum atomic E-state index is 12.3. The lowest BCUT2D eigenvalue weighted by molar-refractivity contribution is -0.127. The standard InChI is InChI=1S/C12H12B2ClNO/c13-12(14)7-3-6-11(16,10(12)17)8-4-1-2-5-9(8)15/h1-2,4-5H,3,6-7,16H2. The quantitative estimate of drug-likeness (QED) is 0.763. The summed E-state index contributed by atoms with van der Waals surface area (Å²) in [6.07, 6.45) is 1.68. The lowest BCUT2D eigenvalue weighted by Gasteiger charge is -2.42. The van der Waals surface area contributed by atoms with Crippen LogP contribution in [0.5, 0.6) is 0 Å². The number of nitrogens with two attached hydrogens (primary N) is 1. The fourth-order valence-corrected chi connectivity index (χ4v) is 2.69. The van der Waals surface area contributed by atoms with E-state index in [9.17, 15) is 4.79 Å². The Balaban J connectivity index is 2.49. The average Bonchev–Trinajstić information content (AvgIpc) is 2.26. The summed E-state index contributed by atoms with van der Waals surface area (Å²) in [5.74, 6) is -0.343. The van der Waals surface area contributed by atoms with Crippen LogP contribution in [0, 0.1) is 0 Å². The fraction of sp³-hybridized carbons (Fsp3) is 0.417. The number of carbonyl (C=O) groups excluding carboxylic acids is 1. The highest BCUT2D eigenvalue weighted by Crippen LogP contribution is 2.44. The predicted octanol–water partition coefficient (Wildman–Crippen LogP) is 1.70. The van der Waals surface area contributed by atoms with E-state index >= 15 is 0 Å². The average molecular weight is 243 g/mol. The van der Waals surface area contributed by atoms with E-state index in [1.165, 1.54) is 0 Å². The summed E-state index contributed by atoms with van der Waals surface area (Å²) in [6, 6.07) is 7.05. The number of benzene rings is 1. The number of ketones is 1. The molecule has 1 fully saturated rings. The molecule has 0 heterocycles. The Kier molecular flexibility index (Phi) is 3.13. The Morgan fingerprint density at radius 1 is 1.24 bits per heavy atom. The van der Waals surface area contributed by atoms with E-state index in [1.807, 2.05) is 0 Å². The highest BCUT2D eigenvalue weighted by molar-refractivity contribution is 6.52. The highest BCUT2D eigenvalue weighted by atomic mass is 35.5. The van der Waals surface area contributed by atoms with Gasteiger partial charge >= 0.3 is 0 Å². The van der Waals surface area contributed by atoms with Crippen molar-refractivity contribution in [3.8, 4) is 0 Å². The molecule has 1 aromatic carbocycles. The Hall–Kier alpha value is -0.730. The smallest absolute Gasteiger partial charge is 0.146 e. The number of hydrogen-bond donors (Lipinski definition) is 1. The third-order valence-corrected chi connectivity index (χ3v) is 3.67. The number of Topliss-reactive ketones (excluding diaryl/α,β-unsaturated/α-hetero) is 1. The van der Waals surface area contributed by atoms with E-state index in [2.05, 4.69) is 0 Å². The maximum Gasteiger partial charge on any atom is 0.146 e. The van der Waals surface area contributed by atoms with Crippen molar-refractivity contribution in [2.24, 2.45) is 5.73 Å². The van der Waals surface area contributed by atoms with Crippen molar-refractivity contribution in [1.29, 1.82) is 0 Å². The first-order valence-electron chi connectivity index (χ1n) is 5.54. The summed E-state index contributed by atoms with van der Waals surface area (Å²) in [5.41, 5.74) is 5.64. The molecule has 1 saturated carbocycles. The van der Waals surface area contributed by atoms with Crippen molar-refractivity contribution >= 4 is 33.1 Å². The molecule has 1 unspecified atom stereocenters. The van der Waals surface area contributed by atoms with E-state index in [-0.39, 0.29) is 5.78 Å². The topological polar surface area (TPSA) is 43.1 Å². The summed E-state index contributed by atoms with van der Waals surface area (Å²) >= 11 is 6.09. The van der Waals surface area contributed by atoms with Crippen molar-refractivity contribution < 1.29 is 4.79 Å². The highest BCUT2D eigenvalue weighted by Gasteiger charge is 2.46. The van der Waals surface area contributed by atoms with E-state index in [0.717, 1.165) is 0 Å². The van der Waals surface area contributed by atoms with E-state index < -0.39 is 10.8 Å². The van der Waals surface area contributed by atoms with Gasteiger partial charge in [0.15, 0.2) is 0 Å². The van der Waals surface area contributed by atoms with Gasteiger partial charge in [-0.2, -0.15) is 0 Å². The molecular formula is C12H12B2ClNO. The molecule has 1 aliphatic carbocycles. The van der Waals surface area contributed by atoms with Crippen molar-refractivity contribution in [3.05, 3.63) is 34.9 Å². The molecule has 2 nitrogen and oxygen atoms in total. The maximum absolute atomic E-state index is 12.3. The van der Waals surface area contributed by atoms with Crippen LogP contribution in [0.2, 0.25) is 10.2 Å². The minimum Gasteiger partial charge on any atom is -0.315 e. The van der Waals surface area contributed by atoms with Crippen LogP contribution in [0.3, 0.4) is 0 Å². The van der Waals surface area contributed by atoms with Crippen LogP contribution in [0.1, 0.15) is 24.8 Å². The van der Waals surface area contributed by atoms with Gasteiger partial charge in [0.1, 0.15) is 11.3 Å². The van der Waals surface area contributed by atoms with Gasteiger partial charge in [0.05, 0.1) is 15.7 Å². The van der Waals surface area contributed by atoms with E-state index in [0.29, 0.717) is 29.8 Å². The molecule has 0 spiro atoms. The Bertz CT molecular complexity index is 464. The first-order valence-corrected chi connectivity index (χ1v) is 5.92. The second-order valence-electron chi connectivity index (χ2n) is 4.67. The van der Waals surface area contributed by atoms with Gasteiger partial charge in [0.25, 0.3) is 0 Å². The molecule has 2 rings (SSSR count). The normalized spacial score (nSPS) is 28.0. The van der Waals surface area contributed by atoms with Crippen LogP contribution < -0.4 is 5.73 Å². The molecule has 1 aromatic rings. The first-order chi connectivity index (χ1) is 7.88. The molecule has 4 radical (unpaired) electrons. The molecule has 2 N–H and O–H groups in total. The van der Waals surface area contributed by atoms with Gasteiger partial charge in [0, 0.05) is 5.02 Å². The van der Waals surface area contributed by atoms with Gasteiger partial charge in [-0.3, -0.25) is 4.79 Å². The van der Waals surface area contributed by atoms with Crippen LogP contribution >= 0.6 is 11.6 Å². The molecule has 1 atom stereocenters. The molecule has 1 aliphatic rings. The Morgan fingerprint density at radius 3 is 2.53 bits per heavy atom. The fourth-order valence-electron chi connectivity index (χ4n) is 2.38. The largest absolute Gasteiger partial charge is 0.315 e. The second kappa shape index (κ2) is 4.18. The van der Waals surface area contributed by atoms with Crippen LogP contribution in [0.4, 0.5) is 0 Å². The Labute approximate surface area is 109 Å². The molecule has 17 heavy (non-hydrogen) atoms. The van der Waals surface area contributed by atoms with Crippen LogP contribution in [0.25, 0.3) is 0 Å². The minimum absolute atomic E-state index is 0.343. The van der Waals surface area contributed by atoms with Crippen LogP contribution in [-0.4, -0.2) is 21.5 Å². The zero-order valence-electron chi connectivity index (χ0n) is 9.45. The molecule has 0 amide bonds. The number of halogens is 1. The van der Waals surface area contributed by atoms with Crippen molar-refractivity contribution in [2.75, 3.05) is 0 Å². The lowest BCUT2D eigenvalue weighted by atomic mass is 9.44. The summed E-state index contributed by atoms with van der Waals surface area (Å²) in [7, 11) is 11.6. The number of hydrogen-bond acceptors (Lipinski definition) is 2. The van der Waals surface area contributed by atoms with Gasteiger partial charge in [0.2, 0.25) is 0 Å². The first kappa shape index (κ1) is 12.7. The van der Waals surface area contributed by atoms with Gasteiger partial charge in [-0.05, 0) is 23.3 Å². The van der Waals surface area contributed by atoms with Crippen molar-refractivity contribution in [1.82, 2.24) is 0 Å². The second-order valence-corrected chi connectivity index (χ2v) is 5.08. The van der Waals surface area contributed by atoms with E-state index in [1.54, 1.807) is 24.3 Å². The lowest BCUT2D eigenvalue weighted by Crippen LogP contribution is -2.53. The zero-order valence-corrected chi connectivity index (χ0v) is 10.2. The number of rotatable bonds is 1. The predicted molar refractivity (Wildman–Crippen MR) is 70.4 cm³/mol. The minimum atomic E-state index is -1.35. The SMILES string of the molecule is [B]C1([B])CCCC(N)(c2ccccc2Cl)C1=O. The monoisotopic (exact) mass is 243 g/mol. The molecular weight excluding hydrogens is 231 g/mol. The molecule has 0 aliphatic heterocycles. The van der Waals surface area contributed by atoms with Gasteiger partial charge in [-0.1, -0.05) is 42.6 Å². The molecule has 0 bridgehead atoms. The van der Waals surface area contributed by atoms with Gasteiger partial charge in [-0.15, -0.1) is 0 Å². The molecule has 5 heteroatoms. The molecule has 0 aromatic heterocycles. The molecule has 84 valence electrons. The zero-order chi connectivity index (χ0) is 12.7. The summed E-state index contributed by atoms with van der Waals surface area (Å²) in [6.45, 7) is 0. The molecule has 0 saturated heterocycles. The third kappa shape index (κ3) is 2.04. The van der Waals surface area contributed by atoms with Crippen LogP contribution in [-0.2, 0) is 10.3 Å². The summed E-state index contributed by atoms with van der Waals surface area (Å²) < 4.78 is 0. The van der Waals surface area contributed by atoms with Gasteiger partial charge in [-0.25, -0.2) is 0 Å². The number of carbonyl (C=O) groups is 1. The van der Waals surface area contributed by atoms with Gasteiger partial charge < -0.3 is 5.73 Å². The summed E-state index contributed by atoms with van der Waals surface area (Å²) in [5, 5.41) is -0.882. The third-order valence-electron chi connectivity index (χ3n) is 3.34. The van der Waals surface area contributed by atoms with E-state index in [4.69, 9.17) is 33.0 Å². The van der Waals surface area contributed by atoms with Crippen molar-refractivity contribution in [3.63, 3.8) is 0 Å². The van der Waals surface area contributed by atoms with Crippen LogP contribution in [0.15, 0.2) is 24.3 Å². The van der Waals surface area contributed by atoms with Crippen molar-refractivity contribution in [2.45, 2.75) is 30.0 Å². The Morgan fingerprint density at radius 2 is 1.88 bits per heavy atom.